The molecule has 11 nitrogen and oxygen atoms in total. The Hall–Kier alpha value is -3.28. The first-order valence-corrected chi connectivity index (χ1v) is 9.37. The van der Waals surface area contributed by atoms with E-state index < -0.39 is 60.4 Å². The third kappa shape index (κ3) is 4.43. The number of ether oxygens (including phenoxy) is 3. The lowest BCUT2D eigenvalue weighted by Crippen LogP contribution is -2.51. The Bertz CT molecular complexity index is 1080. The molecule has 1 aliphatic heterocycles. The van der Waals surface area contributed by atoms with E-state index in [-0.39, 0.29) is 11.1 Å². The van der Waals surface area contributed by atoms with Gasteiger partial charge in [0.25, 0.3) is 5.56 Å². The van der Waals surface area contributed by atoms with Crippen LogP contribution >= 0.6 is 0 Å². The second kappa shape index (κ2) is 8.84. The van der Waals surface area contributed by atoms with E-state index in [9.17, 15) is 29.4 Å². The predicted molar refractivity (Wildman–Crippen MR) is 104 cm³/mol. The summed E-state index contributed by atoms with van der Waals surface area (Å²) in [5.74, 6) is -1.50. The zero-order valence-corrected chi connectivity index (χ0v) is 16.8. The van der Waals surface area contributed by atoms with Crippen molar-refractivity contribution in [1.29, 1.82) is 0 Å². The van der Waals surface area contributed by atoms with E-state index in [0.29, 0.717) is 0 Å². The Balaban J connectivity index is 1.93. The molecule has 1 fully saturated rings. The number of esters is 2. The lowest BCUT2D eigenvalue weighted by molar-refractivity contribution is -0.157. The molecule has 1 aromatic carbocycles. The van der Waals surface area contributed by atoms with Gasteiger partial charge in [0.15, 0.2) is 17.9 Å². The summed E-state index contributed by atoms with van der Waals surface area (Å²) in [5.41, 5.74) is -2.98. The molecule has 1 saturated heterocycles. The number of aliphatic hydroxyl groups is 2. The summed E-state index contributed by atoms with van der Waals surface area (Å²) in [6, 6.07) is 8.03. The number of aromatic amines is 1. The van der Waals surface area contributed by atoms with Crippen LogP contribution in [-0.2, 0) is 19.0 Å². The Kier molecular flexibility index (Phi) is 6.39. The number of carbonyl (C=O) groups is 2. The van der Waals surface area contributed by atoms with Crippen LogP contribution in [0.15, 0.2) is 46.1 Å². The van der Waals surface area contributed by atoms with Crippen LogP contribution in [0, 0.1) is 6.92 Å². The minimum Gasteiger partial charge on any atom is -0.459 e. The number of aromatic nitrogens is 2. The second-order valence-electron chi connectivity index (χ2n) is 7.17. The SMILES string of the molecule is CC(=O)O[C@H]1[C@H](n2cc(C)c(=O)[nH]c2=O)O[C@@](CO)(COC(=O)c2ccccc2)[C@@H]1O. The third-order valence-electron chi connectivity index (χ3n) is 4.93. The Morgan fingerprint density at radius 3 is 2.55 bits per heavy atom. The number of hydrogen-bond acceptors (Lipinski definition) is 9. The van der Waals surface area contributed by atoms with Gasteiger partial charge >= 0.3 is 17.6 Å². The van der Waals surface area contributed by atoms with E-state index in [1.165, 1.54) is 25.3 Å². The lowest BCUT2D eigenvalue weighted by atomic mass is 9.96. The predicted octanol–water partition coefficient (Wildman–Crippen LogP) is -0.745. The van der Waals surface area contributed by atoms with Crippen LogP contribution < -0.4 is 11.2 Å². The Labute approximate surface area is 175 Å². The summed E-state index contributed by atoms with van der Waals surface area (Å²) in [4.78, 5) is 50.0. The van der Waals surface area contributed by atoms with Gasteiger partial charge < -0.3 is 24.4 Å². The van der Waals surface area contributed by atoms with Crippen molar-refractivity contribution in [3.63, 3.8) is 0 Å². The quantitative estimate of drug-likeness (QED) is 0.498. The summed E-state index contributed by atoms with van der Waals surface area (Å²) in [5, 5.41) is 20.8. The molecule has 31 heavy (non-hydrogen) atoms. The van der Waals surface area contributed by atoms with Crippen LogP contribution in [0.5, 0.6) is 0 Å². The van der Waals surface area contributed by atoms with Crippen LogP contribution in [0.4, 0.5) is 0 Å². The lowest BCUT2D eigenvalue weighted by Gasteiger charge is -2.29. The number of aliphatic hydroxyl groups excluding tert-OH is 2. The van der Waals surface area contributed by atoms with Crippen molar-refractivity contribution in [2.75, 3.05) is 13.2 Å². The van der Waals surface area contributed by atoms with Gasteiger partial charge in [-0.3, -0.25) is 19.1 Å². The molecule has 0 saturated carbocycles. The van der Waals surface area contributed by atoms with Gasteiger partial charge in [0.2, 0.25) is 0 Å². The number of aryl methyl sites for hydroxylation is 1. The minimum absolute atomic E-state index is 0.163. The monoisotopic (exact) mass is 434 g/mol. The minimum atomic E-state index is -1.89. The van der Waals surface area contributed by atoms with Crippen molar-refractivity contribution >= 4 is 11.9 Å². The van der Waals surface area contributed by atoms with Crippen molar-refractivity contribution in [3.8, 4) is 0 Å². The molecule has 2 aromatic rings. The fraction of sp³-hybridized carbons (Fsp3) is 0.400. The number of rotatable bonds is 6. The van der Waals surface area contributed by atoms with E-state index in [4.69, 9.17) is 14.2 Å². The van der Waals surface area contributed by atoms with Crippen LogP contribution in [-0.4, -0.2) is 62.7 Å². The molecule has 11 heteroatoms. The number of nitrogens with zero attached hydrogens (tertiary/aromatic N) is 1. The van der Waals surface area contributed by atoms with Gasteiger partial charge in [0.05, 0.1) is 12.2 Å². The number of hydrogen-bond donors (Lipinski definition) is 3. The first-order valence-electron chi connectivity index (χ1n) is 9.37. The fourth-order valence-electron chi connectivity index (χ4n) is 3.28. The highest BCUT2D eigenvalue weighted by Crippen LogP contribution is 2.38. The molecule has 3 rings (SSSR count). The standard InChI is InChI=1S/C20H22N2O9/c1-11-8-22(19(28)21-16(11)26)17-14(30-12(2)24)15(25)20(9-23,31-17)10-29-18(27)13-6-4-3-5-7-13/h3-8,14-15,17,23,25H,9-10H2,1-2H3,(H,21,26,28)/t14-,15-,17-,20+/m1/s1. The van der Waals surface area contributed by atoms with Gasteiger partial charge in [0.1, 0.15) is 12.7 Å². The van der Waals surface area contributed by atoms with Gasteiger partial charge in [-0.2, -0.15) is 0 Å². The molecule has 0 aliphatic carbocycles. The van der Waals surface area contributed by atoms with Gasteiger partial charge in [0, 0.05) is 18.7 Å². The van der Waals surface area contributed by atoms with Gasteiger partial charge in [-0.15, -0.1) is 0 Å². The number of nitrogens with one attached hydrogen (secondary N) is 1. The van der Waals surface area contributed by atoms with Gasteiger partial charge in [-0.25, -0.2) is 9.59 Å². The van der Waals surface area contributed by atoms with Crippen LogP contribution in [0.2, 0.25) is 0 Å². The summed E-state index contributed by atoms with van der Waals surface area (Å²) in [7, 11) is 0. The van der Waals surface area contributed by atoms with E-state index in [1.807, 2.05) is 0 Å². The van der Waals surface area contributed by atoms with E-state index in [2.05, 4.69) is 4.98 Å². The van der Waals surface area contributed by atoms with Crippen LogP contribution in [0.3, 0.4) is 0 Å². The number of benzene rings is 1. The summed E-state index contributed by atoms with van der Waals surface area (Å²) in [6.45, 7) is 1.13. The molecule has 1 aliphatic rings. The molecule has 2 heterocycles. The van der Waals surface area contributed by atoms with Gasteiger partial charge in [-0.05, 0) is 19.1 Å². The fourth-order valence-corrected chi connectivity index (χ4v) is 3.28. The molecule has 4 atom stereocenters. The van der Waals surface area contributed by atoms with Crippen LogP contribution in [0.25, 0.3) is 0 Å². The average Bonchev–Trinajstić information content (AvgIpc) is 3.01. The number of carbonyl (C=O) groups excluding carboxylic acids is 2. The molecule has 166 valence electrons. The smallest absolute Gasteiger partial charge is 0.338 e. The third-order valence-corrected chi connectivity index (χ3v) is 4.93. The Morgan fingerprint density at radius 2 is 1.94 bits per heavy atom. The zero-order chi connectivity index (χ0) is 22.8. The highest BCUT2D eigenvalue weighted by Gasteiger charge is 2.58. The van der Waals surface area contributed by atoms with E-state index >= 15 is 0 Å². The maximum atomic E-state index is 12.3. The highest BCUT2D eigenvalue weighted by atomic mass is 16.6. The molecule has 0 amide bonds. The summed E-state index contributed by atoms with van der Waals surface area (Å²) < 4.78 is 17.1. The summed E-state index contributed by atoms with van der Waals surface area (Å²) >= 11 is 0. The molecule has 0 radical (unpaired) electrons. The Morgan fingerprint density at radius 1 is 1.26 bits per heavy atom. The van der Waals surface area contributed by atoms with Crippen molar-refractivity contribution in [1.82, 2.24) is 9.55 Å². The molecular weight excluding hydrogens is 412 g/mol. The van der Waals surface area contributed by atoms with Crippen molar-refractivity contribution in [2.24, 2.45) is 0 Å². The molecule has 0 spiro atoms. The maximum Gasteiger partial charge on any atom is 0.338 e. The molecule has 1 aromatic heterocycles. The molecule has 0 bridgehead atoms. The first-order chi connectivity index (χ1) is 14.7. The topological polar surface area (TPSA) is 157 Å². The van der Waals surface area contributed by atoms with Crippen molar-refractivity contribution in [2.45, 2.75) is 37.9 Å². The van der Waals surface area contributed by atoms with Crippen LogP contribution in [0.1, 0.15) is 29.1 Å². The number of H-pyrrole nitrogens is 1. The van der Waals surface area contributed by atoms with Crippen molar-refractivity contribution in [3.05, 3.63) is 68.5 Å². The van der Waals surface area contributed by atoms with Gasteiger partial charge in [-0.1, -0.05) is 18.2 Å². The zero-order valence-electron chi connectivity index (χ0n) is 16.8. The first kappa shape index (κ1) is 22.4. The molecule has 0 unspecified atom stereocenters. The average molecular weight is 434 g/mol. The molecule has 3 N–H and O–H groups in total. The largest absolute Gasteiger partial charge is 0.459 e. The normalized spacial score (nSPS) is 25.2. The van der Waals surface area contributed by atoms with Crippen molar-refractivity contribution < 1.29 is 34.0 Å². The molecular formula is C20H22N2O9. The van der Waals surface area contributed by atoms with E-state index in [1.54, 1.807) is 18.2 Å². The second-order valence-corrected chi connectivity index (χ2v) is 7.17. The van der Waals surface area contributed by atoms with E-state index in [0.717, 1.165) is 11.5 Å². The highest BCUT2D eigenvalue weighted by molar-refractivity contribution is 5.89. The summed E-state index contributed by atoms with van der Waals surface area (Å²) in [6.07, 6.45) is -3.31. The maximum absolute atomic E-state index is 12.3.